The van der Waals surface area contributed by atoms with Crippen molar-refractivity contribution < 1.29 is 59.5 Å². The number of nitro groups is 2. The first-order chi connectivity index (χ1) is 26.3. The van der Waals surface area contributed by atoms with Crippen LogP contribution in [0.4, 0.5) is 17.1 Å². The molecular weight excluding hydrogens is 851 g/mol. The normalized spacial score (nSPS) is 9.69. The minimum Gasteiger partial charge on any atom is -0.870 e. The Morgan fingerprint density at radius 3 is 1.12 bits per heavy atom. The molecule has 0 aliphatic rings. The summed E-state index contributed by atoms with van der Waals surface area (Å²) in [5, 5.41) is 31.7. The number of nitrogens with zero attached hydrogens (tertiary/aromatic N) is 8. The monoisotopic (exact) mass is 883 g/mol. The number of nitrogen functional groups attached to an aromatic ring is 1. The van der Waals surface area contributed by atoms with Crippen molar-refractivity contribution in [3.63, 3.8) is 0 Å². The first-order valence-corrected chi connectivity index (χ1v) is 17.4. The summed E-state index contributed by atoms with van der Waals surface area (Å²) in [5.74, 6) is 2.11. The largest absolute Gasteiger partial charge is 1.00 e. The van der Waals surface area contributed by atoms with Gasteiger partial charge in [0.15, 0.2) is 0 Å². The molecular formula is C36H34Cl4N9NaO8. The Morgan fingerprint density at radius 1 is 0.534 bits per heavy atom. The van der Waals surface area contributed by atoms with Gasteiger partial charge in [-0.3, -0.25) is 20.2 Å². The van der Waals surface area contributed by atoms with Crippen molar-refractivity contribution in [3.05, 3.63) is 148 Å². The number of hydrogen-bond acceptors (Lipinski definition) is 15. The van der Waals surface area contributed by atoms with Gasteiger partial charge in [-0.1, -0.05) is 46.4 Å². The number of aryl methyl sites for hydroxylation is 6. The molecule has 0 saturated carbocycles. The van der Waals surface area contributed by atoms with Gasteiger partial charge in [0.2, 0.25) is 11.8 Å². The number of nitrogens with two attached hydrogens (primary N) is 1. The van der Waals surface area contributed by atoms with Gasteiger partial charge < -0.3 is 25.8 Å². The summed E-state index contributed by atoms with van der Waals surface area (Å²) < 4.78 is 11.3. The summed E-state index contributed by atoms with van der Waals surface area (Å²) in [4.78, 5) is 42.9. The van der Waals surface area contributed by atoms with Crippen molar-refractivity contribution in [2.75, 3.05) is 5.73 Å². The van der Waals surface area contributed by atoms with Crippen LogP contribution < -0.4 is 44.8 Å². The van der Waals surface area contributed by atoms with Crippen LogP contribution in [0.3, 0.4) is 0 Å². The molecule has 3 aromatic heterocycles. The molecule has 17 nitrogen and oxygen atoms in total. The number of anilines is 1. The number of hydrogen-bond donors (Lipinski definition) is 2. The second-order valence-electron chi connectivity index (χ2n) is 11.6. The fourth-order valence-corrected chi connectivity index (χ4v) is 5.27. The summed E-state index contributed by atoms with van der Waals surface area (Å²) in [6, 6.07) is 13.8. The minimum atomic E-state index is -0.473. The third-order valence-electron chi connectivity index (χ3n) is 7.06. The fraction of sp³-hybridized carbons (Fsp3) is 0.167. The third-order valence-corrected chi connectivity index (χ3v) is 7.88. The van der Waals surface area contributed by atoms with Crippen LogP contribution in [-0.4, -0.2) is 50.3 Å². The second-order valence-corrected chi connectivity index (χ2v) is 13.1. The molecule has 0 fully saturated rings. The van der Waals surface area contributed by atoms with Crippen LogP contribution in [-0.2, 0) is 0 Å². The van der Waals surface area contributed by atoms with Crippen molar-refractivity contribution in [1.29, 1.82) is 0 Å². The molecule has 0 radical (unpaired) electrons. The van der Waals surface area contributed by atoms with Crippen LogP contribution in [0.1, 0.15) is 33.4 Å². The van der Waals surface area contributed by atoms with Crippen molar-refractivity contribution in [1.82, 2.24) is 29.9 Å². The maximum atomic E-state index is 10.7. The first kappa shape index (κ1) is 51.0. The minimum absolute atomic E-state index is 0. The molecule has 58 heavy (non-hydrogen) atoms. The summed E-state index contributed by atoms with van der Waals surface area (Å²) in [6.07, 6.45) is 3.96. The van der Waals surface area contributed by atoms with Crippen LogP contribution in [0.2, 0.25) is 20.6 Å². The SMILES string of the molecule is Cc1cc(N)cc(C)c1Oc1cc(Cl)ncn1.Cc1cc([N+](=O)[O-])cc(C)c1O.Cc1cc([N+](=O)[O-])cc(C)c1Oc1cc(Cl)ncn1.Clc1cc(Cl)ncn1.[Na+].[OH-]. The van der Waals surface area contributed by atoms with Crippen LogP contribution in [0.25, 0.3) is 0 Å². The van der Waals surface area contributed by atoms with E-state index in [1.807, 2.05) is 26.0 Å². The summed E-state index contributed by atoms with van der Waals surface area (Å²) in [7, 11) is 0. The van der Waals surface area contributed by atoms with Gasteiger partial charge in [0.25, 0.3) is 11.4 Å². The zero-order valence-electron chi connectivity index (χ0n) is 31.9. The van der Waals surface area contributed by atoms with Crippen molar-refractivity contribution >= 4 is 63.5 Å². The Balaban J connectivity index is 0.000000398. The fourth-order valence-electron chi connectivity index (χ4n) is 4.64. The van der Waals surface area contributed by atoms with Crippen LogP contribution >= 0.6 is 46.4 Å². The molecule has 0 atom stereocenters. The van der Waals surface area contributed by atoms with E-state index in [1.54, 1.807) is 33.8 Å². The molecule has 6 aromatic rings. The van der Waals surface area contributed by atoms with E-state index in [1.165, 1.54) is 55.4 Å². The Kier molecular flexibility index (Phi) is 21.2. The quantitative estimate of drug-likeness (QED) is 0.0556. The molecule has 300 valence electrons. The van der Waals surface area contributed by atoms with Gasteiger partial charge in [0.1, 0.15) is 56.8 Å². The molecule has 0 spiro atoms. The predicted octanol–water partition coefficient (Wildman–Crippen LogP) is 7.10. The summed E-state index contributed by atoms with van der Waals surface area (Å²) >= 11 is 22.3. The van der Waals surface area contributed by atoms with Crippen LogP contribution in [0.15, 0.2) is 73.6 Å². The van der Waals surface area contributed by atoms with E-state index in [4.69, 9.17) is 61.6 Å². The van der Waals surface area contributed by atoms with E-state index < -0.39 is 9.85 Å². The number of phenolic OH excluding ortho intramolecular Hbond substituents is 1. The first-order valence-electron chi connectivity index (χ1n) is 15.8. The molecule has 0 saturated heterocycles. The molecule has 3 heterocycles. The standard InChI is InChI=1S/C12H10ClN3O3.C12H12ClN3O.C8H9NO3.C4H2Cl2N2.Na.H2O/c1-7-3-9(16(17)18)4-8(2)12(7)19-11-5-10(13)14-6-15-11;1-7-3-9(14)4-8(2)12(7)17-11-5-10(13)15-6-16-11;1-5-3-7(9(11)12)4-6(2)8(5)10;5-3-1-4(6)8-2-7-3;;/h3-6H,1-2H3;3-6H,14H2,1-2H3;3-4,10H,1-2H3;1-2H;;1H2/q;;;;+1;/p-1. The van der Waals surface area contributed by atoms with Crippen LogP contribution in [0, 0.1) is 61.8 Å². The van der Waals surface area contributed by atoms with Crippen LogP contribution in [0.5, 0.6) is 29.0 Å². The molecule has 22 heteroatoms. The Bertz CT molecular complexity index is 2280. The topological polar surface area (TPSA) is 258 Å². The molecule has 4 N–H and O–H groups in total. The third kappa shape index (κ3) is 16.1. The van der Waals surface area contributed by atoms with Gasteiger partial charge in [-0.2, -0.15) is 0 Å². The average molecular weight is 886 g/mol. The van der Waals surface area contributed by atoms with E-state index in [0.717, 1.165) is 16.9 Å². The number of phenols is 1. The molecule has 0 bridgehead atoms. The molecule has 0 unspecified atom stereocenters. The van der Waals surface area contributed by atoms with Gasteiger partial charge in [0.05, 0.1) is 9.85 Å². The Hall–Kier alpha value is -4.98. The van der Waals surface area contributed by atoms with E-state index in [9.17, 15) is 25.3 Å². The average Bonchev–Trinajstić information content (AvgIpc) is 3.11. The van der Waals surface area contributed by atoms with Crippen molar-refractivity contribution in [2.45, 2.75) is 41.5 Å². The number of halogens is 4. The Labute approximate surface area is 374 Å². The number of ether oxygens (including phenoxy) is 2. The van der Waals surface area contributed by atoms with E-state index in [-0.39, 0.29) is 57.3 Å². The summed E-state index contributed by atoms with van der Waals surface area (Å²) in [5.41, 5.74) is 10.8. The summed E-state index contributed by atoms with van der Waals surface area (Å²) in [6.45, 7) is 10.6. The smallest absolute Gasteiger partial charge is 0.870 e. The van der Waals surface area contributed by atoms with Crippen molar-refractivity contribution in [2.24, 2.45) is 0 Å². The number of rotatable bonds is 6. The number of non-ortho nitro benzene ring substituents is 2. The van der Waals surface area contributed by atoms with Gasteiger partial charge in [-0.25, -0.2) is 29.9 Å². The van der Waals surface area contributed by atoms with Gasteiger partial charge in [-0.05, 0) is 87.1 Å². The van der Waals surface area contributed by atoms with Gasteiger partial charge >= 0.3 is 29.6 Å². The van der Waals surface area contributed by atoms with Gasteiger partial charge in [-0.15, -0.1) is 0 Å². The second kappa shape index (κ2) is 24.1. The number of nitro benzene ring substituents is 2. The zero-order valence-corrected chi connectivity index (χ0v) is 37.0. The molecule has 3 aromatic carbocycles. The predicted molar refractivity (Wildman–Crippen MR) is 215 cm³/mol. The van der Waals surface area contributed by atoms with E-state index in [0.29, 0.717) is 60.9 Å². The molecule has 0 aliphatic heterocycles. The van der Waals surface area contributed by atoms with Gasteiger partial charge in [0, 0.05) is 48.2 Å². The number of aromatic nitrogens is 6. The zero-order chi connectivity index (χ0) is 41.7. The maximum Gasteiger partial charge on any atom is 1.00 e. The number of benzene rings is 3. The van der Waals surface area contributed by atoms with Crippen molar-refractivity contribution in [3.8, 4) is 29.0 Å². The number of aromatic hydroxyl groups is 1. The molecule has 0 amide bonds. The van der Waals surface area contributed by atoms with E-state index >= 15 is 0 Å². The Morgan fingerprint density at radius 2 is 0.828 bits per heavy atom. The maximum absolute atomic E-state index is 10.7. The van der Waals surface area contributed by atoms with E-state index in [2.05, 4.69) is 29.9 Å². The molecule has 6 rings (SSSR count). The molecule has 0 aliphatic carbocycles.